The highest BCUT2D eigenvalue weighted by atomic mass is 16.5. The minimum Gasteiger partial charge on any atom is -0.477 e. The summed E-state index contributed by atoms with van der Waals surface area (Å²) in [5.41, 5.74) is 2.06. The van der Waals surface area contributed by atoms with Gasteiger partial charge in [-0.2, -0.15) is 0 Å². The minimum atomic E-state index is -0.360. The molecule has 21 heavy (non-hydrogen) atoms. The lowest BCUT2D eigenvalue weighted by Gasteiger charge is -2.05. The quantitative estimate of drug-likeness (QED) is 0.807. The standard InChI is InChI=1S/C14H14N2O3.C2H6/c1-3-19-13-9-15-8-12(16-13)10-4-6-11(7-5-10)14(17)18-2;1-2/h4-9H,3H2,1-2H3;1-2H3. The molecule has 112 valence electrons. The van der Waals surface area contributed by atoms with Crippen molar-refractivity contribution >= 4 is 5.97 Å². The summed E-state index contributed by atoms with van der Waals surface area (Å²) in [4.78, 5) is 19.7. The van der Waals surface area contributed by atoms with Gasteiger partial charge in [0.15, 0.2) is 0 Å². The number of ether oxygens (including phenoxy) is 2. The molecule has 0 aliphatic heterocycles. The molecule has 2 rings (SSSR count). The minimum absolute atomic E-state index is 0.360. The predicted molar refractivity (Wildman–Crippen MR) is 81.3 cm³/mol. The summed E-state index contributed by atoms with van der Waals surface area (Å²) in [6, 6.07) is 6.98. The van der Waals surface area contributed by atoms with Gasteiger partial charge in [0.1, 0.15) is 0 Å². The summed E-state index contributed by atoms with van der Waals surface area (Å²) in [5, 5.41) is 0. The van der Waals surface area contributed by atoms with E-state index >= 15 is 0 Å². The Balaban J connectivity index is 0.00000106. The molecule has 2 aromatic rings. The zero-order chi connectivity index (χ0) is 15.7. The van der Waals surface area contributed by atoms with Gasteiger partial charge < -0.3 is 9.47 Å². The monoisotopic (exact) mass is 288 g/mol. The summed E-state index contributed by atoms with van der Waals surface area (Å²) in [7, 11) is 1.35. The average Bonchev–Trinajstić information content (AvgIpc) is 2.57. The van der Waals surface area contributed by atoms with E-state index in [0.29, 0.717) is 23.7 Å². The number of carbonyl (C=O) groups is 1. The molecule has 1 aromatic heterocycles. The Labute approximate surface area is 125 Å². The van der Waals surface area contributed by atoms with E-state index in [1.165, 1.54) is 7.11 Å². The Morgan fingerprint density at radius 3 is 2.38 bits per heavy atom. The van der Waals surface area contributed by atoms with Crippen LogP contribution in [0.3, 0.4) is 0 Å². The number of hydrogen-bond acceptors (Lipinski definition) is 5. The van der Waals surface area contributed by atoms with Crippen molar-refractivity contribution in [3.05, 3.63) is 42.2 Å². The van der Waals surface area contributed by atoms with Crippen LogP contribution in [0.4, 0.5) is 0 Å². The molecule has 0 N–H and O–H groups in total. The molecule has 5 nitrogen and oxygen atoms in total. The average molecular weight is 288 g/mol. The predicted octanol–water partition coefficient (Wildman–Crippen LogP) is 3.36. The van der Waals surface area contributed by atoms with Crippen LogP contribution in [0, 0.1) is 0 Å². The van der Waals surface area contributed by atoms with Gasteiger partial charge >= 0.3 is 5.97 Å². The molecular formula is C16H20N2O3. The molecule has 0 unspecified atom stereocenters. The van der Waals surface area contributed by atoms with Gasteiger partial charge in [-0.3, -0.25) is 4.98 Å². The molecule has 0 saturated carbocycles. The highest BCUT2D eigenvalue weighted by molar-refractivity contribution is 5.89. The lowest BCUT2D eigenvalue weighted by atomic mass is 10.1. The third kappa shape index (κ3) is 4.56. The molecule has 0 bridgehead atoms. The molecule has 1 heterocycles. The van der Waals surface area contributed by atoms with E-state index in [9.17, 15) is 4.79 Å². The Morgan fingerprint density at radius 2 is 1.81 bits per heavy atom. The number of benzene rings is 1. The van der Waals surface area contributed by atoms with E-state index in [2.05, 4.69) is 14.7 Å². The fraction of sp³-hybridized carbons (Fsp3) is 0.312. The van der Waals surface area contributed by atoms with Crippen LogP contribution in [0.25, 0.3) is 11.3 Å². The van der Waals surface area contributed by atoms with E-state index in [1.54, 1.807) is 36.7 Å². The van der Waals surface area contributed by atoms with E-state index in [-0.39, 0.29) is 5.97 Å². The third-order valence-corrected chi connectivity index (χ3v) is 2.51. The van der Waals surface area contributed by atoms with Crippen LogP contribution in [0.15, 0.2) is 36.7 Å². The van der Waals surface area contributed by atoms with Crippen molar-refractivity contribution in [2.45, 2.75) is 20.8 Å². The molecule has 0 aliphatic carbocycles. The molecule has 1 aromatic carbocycles. The van der Waals surface area contributed by atoms with Gasteiger partial charge in [-0.05, 0) is 19.1 Å². The van der Waals surface area contributed by atoms with Crippen LogP contribution in [0.1, 0.15) is 31.1 Å². The number of carbonyl (C=O) groups excluding carboxylic acids is 1. The first-order chi connectivity index (χ1) is 10.2. The van der Waals surface area contributed by atoms with Crippen molar-refractivity contribution in [3.8, 4) is 17.1 Å². The lowest BCUT2D eigenvalue weighted by molar-refractivity contribution is 0.0601. The van der Waals surface area contributed by atoms with Crippen LogP contribution in [0.5, 0.6) is 5.88 Å². The van der Waals surface area contributed by atoms with E-state index in [0.717, 1.165) is 5.56 Å². The van der Waals surface area contributed by atoms with Crippen LogP contribution < -0.4 is 4.74 Å². The van der Waals surface area contributed by atoms with Gasteiger partial charge in [0.25, 0.3) is 0 Å². The van der Waals surface area contributed by atoms with Gasteiger partial charge in [-0.25, -0.2) is 9.78 Å². The topological polar surface area (TPSA) is 61.3 Å². The highest BCUT2D eigenvalue weighted by Crippen LogP contribution is 2.19. The van der Waals surface area contributed by atoms with Crippen molar-refractivity contribution in [1.82, 2.24) is 9.97 Å². The maximum absolute atomic E-state index is 11.3. The van der Waals surface area contributed by atoms with Gasteiger partial charge in [0.05, 0.1) is 37.4 Å². The van der Waals surface area contributed by atoms with Crippen LogP contribution in [-0.2, 0) is 4.74 Å². The van der Waals surface area contributed by atoms with Gasteiger partial charge in [0.2, 0.25) is 5.88 Å². The Hall–Kier alpha value is -2.43. The molecule has 0 amide bonds. The van der Waals surface area contributed by atoms with E-state index in [1.807, 2.05) is 20.8 Å². The van der Waals surface area contributed by atoms with Crippen molar-refractivity contribution < 1.29 is 14.3 Å². The number of aromatic nitrogens is 2. The highest BCUT2D eigenvalue weighted by Gasteiger charge is 2.07. The molecule has 0 saturated heterocycles. The summed E-state index contributed by atoms with van der Waals surface area (Å²) in [6.07, 6.45) is 3.21. The second-order valence-electron chi connectivity index (χ2n) is 3.74. The summed E-state index contributed by atoms with van der Waals surface area (Å²) in [5.74, 6) is 0.123. The van der Waals surface area contributed by atoms with Crippen molar-refractivity contribution in [2.24, 2.45) is 0 Å². The lowest BCUT2D eigenvalue weighted by Crippen LogP contribution is -2.00. The molecular weight excluding hydrogens is 268 g/mol. The smallest absolute Gasteiger partial charge is 0.337 e. The van der Waals surface area contributed by atoms with Crippen LogP contribution >= 0.6 is 0 Å². The second-order valence-corrected chi connectivity index (χ2v) is 3.74. The second kappa shape index (κ2) is 8.68. The molecule has 0 atom stereocenters. The first-order valence-electron chi connectivity index (χ1n) is 6.88. The van der Waals surface area contributed by atoms with Crippen LogP contribution in [-0.4, -0.2) is 29.7 Å². The first kappa shape index (κ1) is 16.6. The number of nitrogens with zero attached hydrogens (tertiary/aromatic N) is 2. The molecule has 0 fully saturated rings. The van der Waals surface area contributed by atoms with Gasteiger partial charge in [-0.1, -0.05) is 26.0 Å². The van der Waals surface area contributed by atoms with Crippen molar-refractivity contribution in [2.75, 3.05) is 13.7 Å². The van der Waals surface area contributed by atoms with Crippen LogP contribution in [0.2, 0.25) is 0 Å². The maximum Gasteiger partial charge on any atom is 0.337 e. The van der Waals surface area contributed by atoms with Crippen molar-refractivity contribution in [3.63, 3.8) is 0 Å². The van der Waals surface area contributed by atoms with Gasteiger partial charge in [0, 0.05) is 5.56 Å². The maximum atomic E-state index is 11.3. The zero-order valence-electron chi connectivity index (χ0n) is 12.8. The number of esters is 1. The number of hydrogen-bond donors (Lipinski definition) is 0. The van der Waals surface area contributed by atoms with E-state index < -0.39 is 0 Å². The molecule has 5 heteroatoms. The third-order valence-electron chi connectivity index (χ3n) is 2.51. The van der Waals surface area contributed by atoms with E-state index in [4.69, 9.17) is 4.74 Å². The summed E-state index contributed by atoms with van der Waals surface area (Å²) < 4.78 is 9.95. The molecule has 0 aliphatic rings. The SMILES string of the molecule is CC.CCOc1cncc(-c2ccc(C(=O)OC)cc2)n1. The Morgan fingerprint density at radius 1 is 1.14 bits per heavy atom. The Bertz CT molecular complexity index is 568. The number of methoxy groups -OCH3 is 1. The van der Waals surface area contributed by atoms with Crippen molar-refractivity contribution in [1.29, 1.82) is 0 Å². The first-order valence-corrected chi connectivity index (χ1v) is 6.88. The number of rotatable bonds is 4. The normalized spacial score (nSPS) is 9.33. The fourth-order valence-electron chi connectivity index (χ4n) is 1.60. The summed E-state index contributed by atoms with van der Waals surface area (Å²) >= 11 is 0. The molecule has 0 radical (unpaired) electrons. The summed E-state index contributed by atoms with van der Waals surface area (Å²) in [6.45, 7) is 6.43. The van der Waals surface area contributed by atoms with Gasteiger partial charge in [-0.15, -0.1) is 0 Å². The fourth-order valence-corrected chi connectivity index (χ4v) is 1.60. The Kier molecular flexibility index (Phi) is 6.87. The zero-order valence-corrected chi connectivity index (χ0v) is 12.8. The largest absolute Gasteiger partial charge is 0.477 e. The molecule has 0 spiro atoms.